The molecular formula is C17H15ClFN5O. The molecule has 0 radical (unpaired) electrons. The Morgan fingerprint density at radius 1 is 1.32 bits per heavy atom. The Kier molecular flexibility index (Phi) is 4.76. The standard InChI is InChI=1S/C17H15ClFN5O/c1-10-6-7-13(19)14(15(10)18)17(25)24(2)9-11-4-3-5-12(8-11)16-20-22-23-21-16/h3-8H,9H2,1-2H3,(H,20,21,22,23). The highest BCUT2D eigenvalue weighted by Crippen LogP contribution is 2.25. The monoisotopic (exact) mass is 359 g/mol. The number of rotatable bonds is 4. The van der Waals surface area contributed by atoms with Crippen LogP contribution in [0.4, 0.5) is 4.39 Å². The highest BCUT2D eigenvalue weighted by molar-refractivity contribution is 6.34. The van der Waals surface area contributed by atoms with E-state index in [1.807, 2.05) is 24.3 Å². The number of nitrogens with zero attached hydrogens (tertiary/aromatic N) is 4. The Balaban J connectivity index is 1.83. The van der Waals surface area contributed by atoms with Crippen LogP contribution >= 0.6 is 11.6 Å². The van der Waals surface area contributed by atoms with E-state index >= 15 is 0 Å². The average Bonchev–Trinajstić information content (AvgIpc) is 3.13. The van der Waals surface area contributed by atoms with E-state index in [1.54, 1.807) is 20.0 Å². The maximum atomic E-state index is 14.1. The highest BCUT2D eigenvalue weighted by Gasteiger charge is 2.21. The van der Waals surface area contributed by atoms with Gasteiger partial charge in [0.2, 0.25) is 5.82 Å². The van der Waals surface area contributed by atoms with Crippen LogP contribution in [0.3, 0.4) is 0 Å². The predicted molar refractivity (Wildman–Crippen MR) is 91.6 cm³/mol. The Morgan fingerprint density at radius 3 is 2.84 bits per heavy atom. The molecule has 0 saturated heterocycles. The minimum absolute atomic E-state index is 0.113. The second-order valence-corrected chi connectivity index (χ2v) is 6.03. The predicted octanol–water partition coefficient (Wildman–Crippen LogP) is 3.24. The van der Waals surface area contributed by atoms with E-state index in [1.165, 1.54) is 11.0 Å². The first-order valence-electron chi connectivity index (χ1n) is 7.50. The summed E-state index contributed by atoms with van der Waals surface area (Å²) in [5, 5.41) is 13.9. The third-order valence-corrected chi connectivity index (χ3v) is 4.28. The molecule has 0 aliphatic heterocycles. The molecule has 128 valence electrons. The van der Waals surface area contributed by atoms with Crippen molar-refractivity contribution in [2.45, 2.75) is 13.5 Å². The Hall–Kier alpha value is -2.80. The molecule has 1 aromatic heterocycles. The molecule has 0 atom stereocenters. The van der Waals surface area contributed by atoms with Crippen LogP contribution in [0, 0.1) is 12.7 Å². The molecule has 0 saturated carbocycles. The molecule has 0 unspecified atom stereocenters. The van der Waals surface area contributed by atoms with Gasteiger partial charge >= 0.3 is 0 Å². The first-order chi connectivity index (χ1) is 12.0. The van der Waals surface area contributed by atoms with Crippen LogP contribution in [0.5, 0.6) is 0 Å². The lowest BCUT2D eigenvalue weighted by atomic mass is 10.1. The van der Waals surface area contributed by atoms with Gasteiger partial charge < -0.3 is 4.90 Å². The minimum Gasteiger partial charge on any atom is -0.337 e. The van der Waals surface area contributed by atoms with Crippen LogP contribution in [-0.2, 0) is 6.54 Å². The summed E-state index contributed by atoms with van der Waals surface area (Å²) in [5.74, 6) is -0.646. The number of aromatic nitrogens is 4. The number of benzene rings is 2. The smallest absolute Gasteiger partial charge is 0.258 e. The fourth-order valence-corrected chi connectivity index (χ4v) is 2.72. The number of tetrazole rings is 1. The molecule has 0 spiro atoms. The molecule has 0 aliphatic carbocycles. The molecule has 0 fully saturated rings. The summed E-state index contributed by atoms with van der Waals surface area (Å²) in [6, 6.07) is 10.2. The van der Waals surface area contributed by atoms with Crippen LogP contribution < -0.4 is 0 Å². The van der Waals surface area contributed by atoms with Crippen LogP contribution in [-0.4, -0.2) is 38.5 Å². The maximum absolute atomic E-state index is 14.1. The molecular weight excluding hydrogens is 345 g/mol. The molecule has 1 amide bonds. The van der Waals surface area contributed by atoms with Crippen molar-refractivity contribution in [1.82, 2.24) is 25.5 Å². The zero-order valence-electron chi connectivity index (χ0n) is 13.6. The van der Waals surface area contributed by atoms with Crippen LogP contribution in [0.15, 0.2) is 36.4 Å². The van der Waals surface area contributed by atoms with Gasteiger partial charge in [0.25, 0.3) is 5.91 Å². The van der Waals surface area contributed by atoms with Crippen molar-refractivity contribution in [1.29, 1.82) is 0 Å². The number of hydrogen-bond donors (Lipinski definition) is 1. The normalized spacial score (nSPS) is 10.7. The van der Waals surface area contributed by atoms with Gasteiger partial charge in [0.1, 0.15) is 5.82 Å². The Labute approximate surface area is 148 Å². The number of hydrogen-bond acceptors (Lipinski definition) is 4. The van der Waals surface area contributed by atoms with Gasteiger partial charge in [0.15, 0.2) is 0 Å². The highest BCUT2D eigenvalue weighted by atomic mass is 35.5. The van der Waals surface area contributed by atoms with Crippen molar-refractivity contribution in [3.63, 3.8) is 0 Å². The van der Waals surface area contributed by atoms with E-state index in [2.05, 4.69) is 20.6 Å². The van der Waals surface area contributed by atoms with Crippen molar-refractivity contribution in [2.75, 3.05) is 7.05 Å². The van der Waals surface area contributed by atoms with Crippen molar-refractivity contribution < 1.29 is 9.18 Å². The van der Waals surface area contributed by atoms with E-state index in [0.717, 1.165) is 11.1 Å². The lowest BCUT2D eigenvalue weighted by Gasteiger charge is -2.19. The first kappa shape index (κ1) is 17.0. The molecule has 3 aromatic rings. The van der Waals surface area contributed by atoms with E-state index in [9.17, 15) is 9.18 Å². The van der Waals surface area contributed by atoms with Gasteiger partial charge in [-0.05, 0) is 35.4 Å². The van der Waals surface area contributed by atoms with Gasteiger partial charge in [-0.25, -0.2) is 4.39 Å². The van der Waals surface area contributed by atoms with Crippen molar-refractivity contribution in [3.8, 4) is 11.4 Å². The number of halogens is 2. The third kappa shape index (κ3) is 3.51. The summed E-state index contributed by atoms with van der Waals surface area (Å²) in [5.41, 5.74) is 2.16. The fourth-order valence-electron chi connectivity index (χ4n) is 2.48. The lowest BCUT2D eigenvalue weighted by molar-refractivity contribution is 0.0780. The van der Waals surface area contributed by atoms with Gasteiger partial charge in [-0.2, -0.15) is 5.21 Å². The van der Waals surface area contributed by atoms with Gasteiger partial charge in [-0.15, -0.1) is 10.2 Å². The Bertz CT molecular complexity index is 913. The average molecular weight is 360 g/mol. The molecule has 0 bridgehead atoms. The quantitative estimate of drug-likeness (QED) is 0.776. The number of carbonyl (C=O) groups excluding carboxylic acids is 1. The summed E-state index contributed by atoms with van der Waals surface area (Å²) in [6.07, 6.45) is 0. The number of amides is 1. The van der Waals surface area contributed by atoms with E-state index < -0.39 is 11.7 Å². The lowest BCUT2D eigenvalue weighted by Crippen LogP contribution is -2.27. The van der Waals surface area contributed by atoms with Gasteiger partial charge in [-0.1, -0.05) is 35.9 Å². The molecule has 6 nitrogen and oxygen atoms in total. The summed E-state index contributed by atoms with van der Waals surface area (Å²) in [7, 11) is 1.60. The maximum Gasteiger partial charge on any atom is 0.258 e. The van der Waals surface area contributed by atoms with Crippen molar-refractivity contribution >= 4 is 17.5 Å². The summed E-state index contributed by atoms with van der Waals surface area (Å²) in [6.45, 7) is 2.02. The second kappa shape index (κ2) is 6.98. The minimum atomic E-state index is -0.631. The summed E-state index contributed by atoms with van der Waals surface area (Å²) >= 11 is 6.12. The van der Waals surface area contributed by atoms with Gasteiger partial charge in [0.05, 0.1) is 10.6 Å². The number of carbonyl (C=O) groups is 1. The second-order valence-electron chi connectivity index (χ2n) is 5.65. The van der Waals surface area contributed by atoms with Crippen molar-refractivity contribution in [2.24, 2.45) is 0 Å². The topological polar surface area (TPSA) is 74.8 Å². The van der Waals surface area contributed by atoms with E-state index in [-0.39, 0.29) is 17.1 Å². The van der Waals surface area contributed by atoms with Crippen LogP contribution in [0.25, 0.3) is 11.4 Å². The molecule has 8 heteroatoms. The Morgan fingerprint density at radius 2 is 2.12 bits per heavy atom. The number of nitrogens with one attached hydrogen (secondary N) is 1. The molecule has 2 aromatic carbocycles. The van der Waals surface area contributed by atoms with Crippen LogP contribution in [0.1, 0.15) is 21.5 Å². The van der Waals surface area contributed by atoms with Crippen molar-refractivity contribution in [3.05, 3.63) is 63.9 Å². The molecule has 1 N–H and O–H groups in total. The number of H-pyrrole nitrogens is 1. The summed E-state index contributed by atoms with van der Waals surface area (Å²) in [4.78, 5) is 14.0. The first-order valence-corrected chi connectivity index (χ1v) is 7.88. The molecule has 25 heavy (non-hydrogen) atoms. The zero-order valence-corrected chi connectivity index (χ0v) is 14.4. The number of aromatic amines is 1. The molecule has 1 heterocycles. The van der Waals surface area contributed by atoms with E-state index in [0.29, 0.717) is 11.4 Å². The van der Waals surface area contributed by atoms with Gasteiger partial charge in [-0.3, -0.25) is 4.79 Å². The third-order valence-electron chi connectivity index (χ3n) is 3.80. The van der Waals surface area contributed by atoms with Crippen LogP contribution in [0.2, 0.25) is 5.02 Å². The number of aryl methyl sites for hydroxylation is 1. The zero-order chi connectivity index (χ0) is 18.0. The molecule has 0 aliphatic rings. The largest absolute Gasteiger partial charge is 0.337 e. The van der Waals surface area contributed by atoms with E-state index in [4.69, 9.17) is 11.6 Å². The molecule has 3 rings (SSSR count). The summed E-state index contributed by atoms with van der Waals surface area (Å²) < 4.78 is 14.1. The van der Waals surface area contributed by atoms with Gasteiger partial charge in [0, 0.05) is 19.2 Å². The SMILES string of the molecule is Cc1ccc(F)c(C(=O)N(C)Cc2cccc(-c3nn[nH]n3)c2)c1Cl. The fraction of sp³-hybridized carbons (Fsp3) is 0.176.